The van der Waals surface area contributed by atoms with Gasteiger partial charge in [-0.2, -0.15) is 4.99 Å². The van der Waals surface area contributed by atoms with Gasteiger partial charge in [-0.05, 0) is 32.0 Å². The topological polar surface area (TPSA) is 95.9 Å². The molecule has 27 heavy (non-hydrogen) atoms. The van der Waals surface area contributed by atoms with E-state index in [1.54, 1.807) is 33.1 Å². The van der Waals surface area contributed by atoms with E-state index >= 15 is 0 Å². The molecule has 0 fully saturated rings. The molecule has 0 N–H and O–H groups in total. The fourth-order valence-corrected chi connectivity index (χ4v) is 3.60. The van der Waals surface area contributed by atoms with Crippen LogP contribution >= 0.6 is 11.3 Å². The summed E-state index contributed by atoms with van der Waals surface area (Å²) in [6, 6.07) is 6.79. The normalized spacial score (nSPS) is 11.9. The molecule has 0 saturated carbocycles. The maximum absolute atomic E-state index is 12.4. The van der Waals surface area contributed by atoms with Gasteiger partial charge in [0.2, 0.25) is 5.76 Å². The first-order valence-corrected chi connectivity index (χ1v) is 9.17. The number of esters is 1. The van der Waals surface area contributed by atoms with E-state index in [1.807, 2.05) is 10.6 Å². The summed E-state index contributed by atoms with van der Waals surface area (Å²) in [6.07, 6.45) is 0. The second-order valence-corrected chi connectivity index (χ2v) is 6.69. The van der Waals surface area contributed by atoms with Gasteiger partial charge in [-0.1, -0.05) is 16.5 Å². The Bertz CT molecular complexity index is 1050. The summed E-state index contributed by atoms with van der Waals surface area (Å²) in [7, 11) is 1.60. The van der Waals surface area contributed by atoms with E-state index in [9.17, 15) is 9.59 Å². The summed E-state index contributed by atoms with van der Waals surface area (Å²) in [5.74, 6) is -0.822. The minimum Gasteiger partial charge on any atom is -0.462 e. The van der Waals surface area contributed by atoms with Crippen molar-refractivity contribution in [1.29, 1.82) is 0 Å². The molecule has 0 spiro atoms. The monoisotopic (exact) mass is 389 g/mol. The Balaban J connectivity index is 2.08. The van der Waals surface area contributed by atoms with Crippen LogP contribution in [0, 0.1) is 6.92 Å². The number of aryl methyl sites for hydroxylation is 1. The van der Waals surface area contributed by atoms with Gasteiger partial charge in [-0.3, -0.25) is 4.79 Å². The molecule has 1 aromatic carbocycles. The van der Waals surface area contributed by atoms with Gasteiger partial charge in [0.25, 0.3) is 0 Å². The number of carbonyl (C=O) groups excluding carboxylic acids is 2. The number of methoxy groups -OCH3 is 1. The number of carbonyl (C=O) groups is 2. The lowest BCUT2D eigenvalue weighted by Crippen LogP contribution is -2.19. The summed E-state index contributed by atoms with van der Waals surface area (Å²) in [4.78, 5) is 29.0. The Morgan fingerprint density at radius 2 is 2.15 bits per heavy atom. The van der Waals surface area contributed by atoms with Gasteiger partial charge in [0, 0.05) is 19.7 Å². The number of amides is 1. The zero-order valence-electron chi connectivity index (χ0n) is 15.2. The van der Waals surface area contributed by atoms with Crippen molar-refractivity contribution in [2.75, 3.05) is 20.3 Å². The van der Waals surface area contributed by atoms with E-state index in [-0.39, 0.29) is 11.7 Å². The third kappa shape index (κ3) is 4.15. The fourth-order valence-electron chi connectivity index (χ4n) is 2.50. The number of hydrogen-bond acceptors (Lipinski definition) is 7. The summed E-state index contributed by atoms with van der Waals surface area (Å²) in [5, 5.41) is 3.71. The van der Waals surface area contributed by atoms with Gasteiger partial charge < -0.3 is 18.6 Å². The number of fused-ring (bicyclic) bond motifs is 1. The number of aromatic nitrogens is 2. The molecule has 3 rings (SSSR count). The van der Waals surface area contributed by atoms with E-state index in [2.05, 4.69) is 10.1 Å². The van der Waals surface area contributed by atoms with Crippen LogP contribution in [0.25, 0.3) is 10.2 Å². The highest BCUT2D eigenvalue weighted by molar-refractivity contribution is 7.16. The fraction of sp³-hybridized carbons (Fsp3) is 0.333. The molecule has 0 aliphatic heterocycles. The molecule has 2 heterocycles. The van der Waals surface area contributed by atoms with Crippen LogP contribution in [0.4, 0.5) is 0 Å². The molecule has 9 heteroatoms. The first-order chi connectivity index (χ1) is 13.0. The van der Waals surface area contributed by atoms with Crippen molar-refractivity contribution in [2.45, 2.75) is 20.4 Å². The summed E-state index contributed by atoms with van der Waals surface area (Å²) >= 11 is 1.30. The Morgan fingerprint density at radius 3 is 2.81 bits per heavy atom. The maximum atomic E-state index is 12.4. The average molecular weight is 389 g/mol. The minimum absolute atomic E-state index is 0.0791. The molecular weight excluding hydrogens is 370 g/mol. The molecule has 8 nitrogen and oxygen atoms in total. The standard InChI is InChI=1S/C18H19N3O5S/c1-4-25-17(23)12-5-6-13-15(10-12)27-18(21(13)7-8-24-3)19-16(22)14-9-11(2)20-26-14/h5-6,9-10H,4,7-8H2,1-3H3. The van der Waals surface area contributed by atoms with Crippen LogP contribution < -0.4 is 4.80 Å². The Morgan fingerprint density at radius 1 is 1.33 bits per heavy atom. The lowest BCUT2D eigenvalue weighted by atomic mass is 10.2. The van der Waals surface area contributed by atoms with E-state index in [4.69, 9.17) is 14.0 Å². The van der Waals surface area contributed by atoms with Crippen molar-refractivity contribution in [3.8, 4) is 0 Å². The molecule has 0 atom stereocenters. The van der Waals surface area contributed by atoms with Crippen LogP contribution in [0.2, 0.25) is 0 Å². The van der Waals surface area contributed by atoms with Crippen molar-refractivity contribution in [3.05, 3.63) is 46.1 Å². The SMILES string of the molecule is CCOC(=O)c1ccc2c(c1)sc(=NC(=O)c1cc(C)no1)n2CCOC. The lowest BCUT2D eigenvalue weighted by Gasteiger charge is -2.05. The first kappa shape index (κ1) is 19.0. The zero-order valence-corrected chi connectivity index (χ0v) is 16.0. The van der Waals surface area contributed by atoms with Crippen molar-refractivity contribution in [2.24, 2.45) is 4.99 Å². The van der Waals surface area contributed by atoms with E-state index in [0.29, 0.717) is 35.8 Å². The largest absolute Gasteiger partial charge is 0.462 e. The van der Waals surface area contributed by atoms with Crippen molar-refractivity contribution in [3.63, 3.8) is 0 Å². The summed E-state index contributed by atoms with van der Waals surface area (Å²) in [5.41, 5.74) is 1.91. The molecule has 0 aliphatic carbocycles. The average Bonchev–Trinajstić information content (AvgIpc) is 3.23. The highest BCUT2D eigenvalue weighted by Crippen LogP contribution is 2.20. The zero-order chi connectivity index (χ0) is 19.4. The van der Waals surface area contributed by atoms with Crippen LogP contribution in [-0.4, -0.2) is 41.9 Å². The smallest absolute Gasteiger partial charge is 0.338 e. The molecule has 0 radical (unpaired) electrons. The highest BCUT2D eigenvalue weighted by atomic mass is 32.1. The van der Waals surface area contributed by atoms with E-state index in [0.717, 1.165) is 10.2 Å². The van der Waals surface area contributed by atoms with Gasteiger partial charge in [0.05, 0.1) is 34.7 Å². The Labute approximate surface area is 159 Å². The summed E-state index contributed by atoms with van der Waals surface area (Å²) in [6.45, 7) is 4.76. The third-order valence-electron chi connectivity index (χ3n) is 3.75. The van der Waals surface area contributed by atoms with Gasteiger partial charge in [-0.25, -0.2) is 4.79 Å². The minimum atomic E-state index is -0.515. The van der Waals surface area contributed by atoms with Gasteiger partial charge >= 0.3 is 11.9 Å². The lowest BCUT2D eigenvalue weighted by molar-refractivity contribution is 0.0526. The molecule has 3 aromatic rings. The molecule has 2 aromatic heterocycles. The van der Waals surface area contributed by atoms with Crippen LogP contribution in [-0.2, 0) is 16.0 Å². The highest BCUT2D eigenvalue weighted by Gasteiger charge is 2.14. The van der Waals surface area contributed by atoms with Crippen molar-refractivity contribution < 1.29 is 23.6 Å². The molecule has 0 saturated heterocycles. The van der Waals surface area contributed by atoms with Crippen LogP contribution in [0.15, 0.2) is 33.8 Å². The molecule has 142 valence electrons. The Hall–Kier alpha value is -2.78. The van der Waals surface area contributed by atoms with Crippen molar-refractivity contribution >= 4 is 33.4 Å². The Kier molecular flexibility index (Phi) is 5.82. The summed E-state index contributed by atoms with van der Waals surface area (Å²) < 4.78 is 17.9. The first-order valence-electron chi connectivity index (χ1n) is 8.35. The van der Waals surface area contributed by atoms with Gasteiger partial charge in [0.1, 0.15) is 0 Å². The maximum Gasteiger partial charge on any atom is 0.338 e. The van der Waals surface area contributed by atoms with E-state index in [1.165, 1.54) is 17.4 Å². The number of ether oxygens (including phenoxy) is 2. The van der Waals surface area contributed by atoms with Crippen LogP contribution in [0.3, 0.4) is 0 Å². The molecule has 0 bridgehead atoms. The second kappa shape index (κ2) is 8.28. The molecular formula is C18H19N3O5S. The predicted octanol–water partition coefficient (Wildman–Crippen LogP) is 2.56. The number of thiazole rings is 1. The van der Waals surface area contributed by atoms with Crippen LogP contribution in [0.5, 0.6) is 0 Å². The van der Waals surface area contributed by atoms with E-state index < -0.39 is 5.91 Å². The van der Waals surface area contributed by atoms with Gasteiger partial charge in [0.15, 0.2) is 4.80 Å². The number of hydrogen-bond donors (Lipinski definition) is 0. The number of nitrogens with zero attached hydrogens (tertiary/aromatic N) is 3. The second-order valence-electron chi connectivity index (χ2n) is 5.68. The molecule has 1 amide bonds. The quantitative estimate of drug-likeness (QED) is 0.601. The molecule has 0 aliphatic rings. The van der Waals surface area contributed by atoms with Crippen LogP contribution in [0.1, 0.15) is 33.5 Å². The third-order valence-corrected chi connectivity index (χ3v) is 4.79. The predicted molar refractivity (Wildman–Crippen MR) is 98.8 cm³/mol. The van der Waals surface area contributed by atoms with Gasteiger partial charge in [-0.15, -0.1) is 0 Å². The van der Waals surface area contributed by atoms with Crippen molar-refractivity contribution in [1.82, 2.24) is 9.72 Å². The molecule has 0 unspecified atom stereocenters. The number of rotatable bonds is 6. The number of benzene rings is 1.